The normalized spacial score (nSPS) is 23.4. The summed E-state index contributed by atoms with van der Waals surface area (Å²) in [6, 6.07) is 2.78. The van der Waals surface area contributed by atoms with Gasteiger partial charge in [-0.05, 0) is 74.9 Å². The van der Waals surface area contributed by atoms with Crippen LogP contribution in [0.3, 0.4) is 0 Å². The van der Waals surface area contributed by atoms with Crippen molar-refractivity contribution in [3.8, 4) is 11.4 Å². The van der Waals surface area contributed by atoms with Crippen LogP contribution < -0.4 is 16.2 Å². The van der Waals surface area contributed by atoms with E-state index in [0.29, 0.717) is 35.3 Å². The number of aryl methyl sites for hydroxylation is 1. The molecular weight excluding hydrogens is 515 g/mol. The number of halogens is 1. The summed E-state index contributed by atoms with van der Waals surface area (Å²) in [4.78, 5) is 44.5. The lowest BCUT2D eigenvalue weighted by molar-refractivity contribution is -0.172. The van der Waals surface area contributed by atoms with Crippen LogP contribution in [-0.2, 0) is 39.5 Å². The number of amides is 1. The smallest absolute Gasteiger partial charge is 0.343 e. The van der Waals surface area contributed by atoms with Crippen molar-refractivity contribution in [1.82, 2.24) is 20.2 Å². The van der Waals surface area contributed by atoms with E-state index in [2.05, 4.69) is 10.6 Å². The van der Waals surface area contributed by atoms with Crippen LogP contribution in [0.2, 0.25) is 0 Å². The molecule has 2 atom stereocenters. The second-order valence-corrected chi connectivity index (χ2v) is 11.4. The van der Waals surface area contributed by atoms with Crippen LogP contribution in [0.4, 0.5) is 4.39 Å². The lowest BCUT2D eigenvalue weighted by Crippen LogP contribution is -2.44. The number of hydrogen-bond acceptors (Lipinski definition) is 7. The Balaban J connectivity index is 1.44. The Morgan fingerprint density at radius 2 is 2.00 bits per heavy atom. The number of cyclic esters (lactones) is 1. The molecule has 1 fully saturated rings. The van der Waals surface area contributed by atoms with E-state index in [1.807, 2.05) is 0 Å². The standard InChI is InChI=1S/C30H31FN4O5/c1-3-30(39)19-10-23-26-17(12-35(23)28(37)18(19)13-40-29(30)38)25-21(34-27(36)15-6-8-32-9-7-15)5-4-16-14(2)20(31)11-22(33-26)24(16)25/h10-11,15,21,32,39H,3-9,12-13H2,1-2H3,(H,34,36)/t21-,30-/m0/s1. The molecule has 3 aromatic rings. The third-order valence-electron chi connectivity index (χ3n) is 9.40. The number of carbonyl (C=O) groups is 2. The van der Waals surface area contributed by atoms with Crippen molar-refractivity contribution in [3.63, 3.8) is 0 Å². The number of benzene rings is 1. The Hall–Kier alpha value is -3.63. The van der Waals surface area contributed by atoms with E-state index in [1.165, 1.54) is 6.07 Å². The van der Waals surface area contributed by atoms with Crippen molar-refractivity contribution in [2.75, 3.05) is 13.1 Å². The maximum absolute atomic E-state index is 15.1. The van der Waals surface area contributed by atoms with E-state index in [0.717, 1.165) is 48.0 Å². The Bertz CT molecular complexity index is 1690. The lowest BCUT2D eigenvalue weighted by atomic mass is 9.81. The van der Waals surface area contributed by atoms with Gasteiger partial charge >= 0.3 is 5.97 Å². The number of piperidine rings is 1. The van der Waals surface area contributed by atoms with E-state index in [4.69, 9.17) is 9.72 Å². The first-order chi connectivity index (χ1) is 19.2. The van der Waals surface area contributed by atoms with Crippen LogP contribution in [0.25, 0.3) is 22.3 Å². The number of hydrogen-bond donors (Lipinski definition) is 3. The summed E-state index contributed by atoms with van der Waals surface area (Å²) < 4.78 is 21.9. The van der Waals surface area contributed by atoms with Crippen LogP contribution in [0.15, 0.2) is 16.9 Å². The maximum atomic E-state index is 15.1. The molecule has 1 amide bonds. The molecular formula is C30H31FN4O5. The molecule has 2 aromatic heterocycles. The molecule has 3 aliphatic heterocycles. The van der Waals surface area contributed by atoms with Crippen molar-refractivity contribution in [2.45, 2.75) is 70.7 Å². The number of nitrogens with zero attached hydrogens (tertiary/aromatic N) is 2. The summed E-state index contributed by atoms with van der Waals surface area (Å²) in [7, 11) is 0. The second kappa shape index (κ2) is 8.94. The van der Waals surface area contributed by atoms with Crippen molar-refractivity contribution >= 4 is 22.8 Å². The minimum Gasteiger partial charge on any atom is -0.458 e. The van der Waals surface area contributed by atoms with Gasteiger partial charge in [0.25, 0.3) is 5.56 Å². The monoisotopic (exact) mass is 546 g/mol. The van der Waals surface area contributed by atoms with Crippen LogP contribution in [-0.4, -0.2) is 39.6 Å². The number of nitrogens with one attached hydrogen (secondary N) is 2. The van der Waals surface area contributed by atoms with Crippen LogP contribution in [0.5, 0.6) is 0 Å². The van der Waals surface area contributed by atoms with E-state index in [-0.39, 0.29) is 59.9 Å². The highest BCUT2D eigenvalue weighted by molar-refractivity contribution is 5.94. The number of aliphatic hydroxyl groups is 1. The van der Waals surface area contributed by atoms with E-state index in [1.54, 1.807) is 24.5 Å². The van der Waals surface area contributed by atoms with Gasteiger partial charge in [0, 0.05) is 28.5 Å². The molecule has 0 spiro atoms. The summed E-state index contributed by atoms with van der Waals surface area (Å²) in [5.41, 5.74) is 2.79. The molecule has 0 saturated carbocycles. The zero-order valence-electron chi connectivity index (χ0n) is 22.5. The Morgan fingerprint density at radius 1 is 1.23 bits per heavy atom. The topological polar surface area (TPSA) is 123 Å². The maximum Gasteiger partial charge on any atom is 0.343 e. The first-order valence-corrected chi connectivity index (χ1v) is 14.1. The Kier molecular flexibility index (Phi) is 5.66. The van der Waals surface area contributed by atoms with E-state index >= 15 is 4.39 Å². The van der Waals surface area contributed by atoms with Crippen LogP contribution in [0, 0.1) is 18.7 Å². The second-order valence-electron chi connectivity index (χ2n) is 11.4. The zero-order valence-corrected chi connectivity index (χ0v) is 22.5. The minimum absolute atomic E-state index is 0.0132. The number of fused-ring (bicyclic) bond motifs is 5. The molecule has 1 aliphatic carbocycles. The molecule has 9 nitrogen and oxygen atoms in total. The molecule has 0 bridgehead atoms. The first kappa shape index (κ1) is 25.3. The SMILES string of the molecule is CC[C@@]1(O)C(=O)OCc2c1cc1n(c2=O)Cc2c-1nc1cc(F)c(C)c3c1c2[C@@H](NC(=O)C1CCNCC1)CC3. The van der Waals surface area contributed by atoms with Gasteiger partial charge in [0.05, 0.1) is 35.1 Å². The van der Waals surface area contributed by atoms with Gasteiger partial charge in [-0.2, -0.15) is 0 Å². The van der Waals surface area contributed by atoms with E-state index in [9.17, 15) is 19.5 Å². The van der Waals surface area contributed by atoms with Gasteiger partial charge in [-0.15, -0.1) is 0 Å². The average molecular weight is 547 g/mol. The molecule has 1 aromatic carbocycles. The van der Waals surface area contributed by atoms with Gasteiger partial charge in [-0.25, -0.2) is 14.2 Å². The molecule has 1 saturated heterocycles. The molecule has 4 aliphatic rings. The fourth-order valence-corrected chi connectivity index (χ4v) is 7.07. The van der Waals surface area contributed by atoms with Gasteiger partial charge in [0.2, 0.25) is 5.91 Å². The fraction of sp³-hybridized carbons (Fsp3) is 0.467. The quantitative estimate of drug-likeness (QED) is 0.338. The molecule has 208 valence electrons. The van der Waals surface area contributed by atoms with Crippen molar-refractivity contribution in [2.24, 2.45) is 5.92 Å². The highest BCUT2D eigenvalue weighted by atomic mass is 19.1. The van der Waals surface area contributed by atoms with Gasteiger partial charge in [0.15, 0.2) is 5.60 Å². The van der Waals surface area contributed by atoms with Gasteiger partial charge < -0.3 is 25.0 Å². The highest BCUT2D eigenvalue weighted by Crippen LogP contribution is 2.46. The molecule has 3 N–H and O–H groups in total. The predicted octanol–water partition coefficient (Wildman–Crippen LogP) is 2.63. The zero-order chi connectivity index (χ0) is 27.9. The lowest BCUT2D eigenvalue weighted by Gasteiger charge is -2.31. The third kappa shape index (κ3) is 3.45. The van der Waals surface area contributed by atoms with Crippen molar-refractivity contribution in [3.05, 3.63) is 61.7 Å². The molecule has 0 radical (unpaired) electrons. The summed E-state index contributed by atoms with van der Waals surface area (Å²) in [5, 5.41) is 18.6. The molecule has 40 heavy (non-hydrogen) atoms. The number of rotatable bonds is 3. The fourth-order valence-electron chi connectivity index (χ4n) is 7.07. The minimum atomic E-state index is -1.93. The van der Waals surface area contributed by atoms with E-state index < -0.39 is 11.6 Å². The third-order valence-corrected chi connectivity index (χ3v) is 9.40. The molecule has 7 rings (SSSR count). The predicted molar refractivity (Wildman–Crippen MR) is 144 cm³/mol. The van der Waals surface area contributed by atoms with Crippen LogP contribution in [0.1, 0.15) is 72.0 Å². The number of pyridine rings is 2. The van der Waals surface area contributed by atoms with Gasteiger partial charge in [-0.1, -0.05) is 6.92 Å². The summed E-state index contributed by atoms with van der Waals surface area (Å²) >= 11 is 0. The molecule has 5 heterocycles. The largest absolute Gasteiger partial charge is 0.458 e. The average Bonchev–Trinajstić information content (AvgIpc) is 3.33. The number of aromatic nitrogens is 2. The summed E-state index contributed by atoms with van der Waals surface area (Å²) in [6.45, 7) is 5.05. The summed E-state index contributed by atoms with van der Waals surface area (Å²) in [5.74, 6) is -1.19. The number of ether oxygens (including phenoxy) is 1. The number of esters is 1. The molecule has 10 heteroatoms. The Morgan fingerprint density at radius 3 is 2.75 bits per heavy atom. The highest BCUT2D eigenvalue weighted by Gasteiger charge is 2.46. The first-order valence-electron chi connectivity index (χ1n) is 14.1. The Labute approximate surface area is 229 Å². The molecule has 0 unspecified atom stereocenters. The van der Waals surface area contributed by atoms with Crippen LogP contribution >= 0.6 is 0 Å². The van der Waals surface area contributed by atoms with Gasteiger partial charge in [0.1, 0.15) is 12.4 Å². The van der Waals surface area contributed by atoms with Crippen molar-refractivity contribution < 1.29 is 23.8 Å². The van der Waals surface area contributed by atoms with Crippen molar-refractivity contribution in [1.29, 1.82) is 0 Å². The van der Waals surface area contributed by atoms with Gasteiger partial charge in [-0.3, -0.25) is 9.59 Å². The summed E-state index contributed by atoms with van der Waals surface area (Å²) in [6.07, 6.45) is 2.81. The number of carbonyl (C=O) groups excluding carboxylic acids is 2.